The first-order chi connectivity index (χ1) is 11.2. The average molecular weight is 353 g/mol. The molecule has 0 unspecified atom stereocenters. The number of nitrogens with zero attached hydrogens (tertiary/aromatic N) is 2. The maximum absolute atomic E-state index is 12.5. The Labute approximate surface area is 142 Å². The summed E-state index contributed by atoms with van der Waals surface area (Å²) in [4.78, 5) is 29.2. The minimum atomic E-state index is -3.68. The number of pyridine rings is 1. The summed E-state index contributed by atoms with van der Waals surface area (Å²) in [6.45, 7) is 3.89. The maximum atomic E-state index is 12.5. The Morgan fingerprint density at radius 2 is 1.88 bits per heavy atom. The largest absolute Gasteiger partial charge is 0.364 e. The van der Waals surface area contributed by atoms with Gasteiger partial charge >= 0.3 is 0 Å². The van der Waals surface area contributed by atoms with Crippen molar-refractivity contribution in [3.05, 3.63) is 29.6 Å². The zero-order valence-corrected chi connectivity index (χ0v) is 14.8. The number of hydrogen-bond donors (Lipinski definition) is 1. The number of rotatable bonds is 5. The van der Waals surface area contributed by atoms with Crippen LogP contribution in [-0.2, 0) is 20.4 Å². The monoisotopic (exact) mass is 353 g/mol. The minimum Gasteiger partial charge on any atom is -0.364 e. The highest BCUT2D eigenvalue weighted by Crippen LogP contribution is 2.23. The molecule has 24 heavy (non-hydrogen) atoms. The first-order valence-electron chi connectivity index (χ1n) is 7.97. The number of likely N-dealkylation sites (tertiary alicyclic amines) is 1. The smallest absolute Gasteiger partial charge is 0.267 e. The summed E-state index contributed by atoms with van der Waals surface area (Å²) in [5.41, 5.74) is 5.36. The van der Waals surface area contributed by atoms with Crippen molar-refractivity contribution in [3.8, 4) is 0 Å². The molecule has 2 amide bonds. The molecule has 0 aromatic carbocycles. The standard InChI is InChI=1S/C16H23N3O4S/c1-11-5-3-6-12(2)19(11)15(20)10-24(22,23)9-13-7-4-8-14(18-13)16(17)21/h4,7-8,11-12H,3,5-6,9-10H2,1-2H3,(H2,17,21)/t11-,12-/m0/s1. The van der Waals surface area contributed by atoms with E-state index in [0.717, 1.165) is 19.3 Å². The molecular formula is C16H23N3O4S. The van der Waals surface area contributed by atoms with E-state index in [1.807, 2.05) is 13.8 Å². The molecule has 0 aliphatic carbocycles. The third-order valence-electron chi connectivity index (χ3n) is 4.25. The Morgan fingerprint density at radius 1 is 1.25 bits per heavy atom. The molecule has 1 aliphatic rings. The van der Waals surface area contributed by atoms with Crippen LogP contribution in [0.3, 0.4) is 0 Å². The molecule has 2 heterocycles. The van der Waals surface area contributed by atoms with Gasteiger partial charge in [-0.25, -0.2) is 13.4 Å². The lowest BCUT2D eigenvalue weighted by molar-refractivity contribution is -0.134. The number of nitrogens with two attached hydrogens (primary N) is 1. The third-order valence-corrected chi connectivity index (χ3v) is 5.67. The van der Waals surface area contributed by atoms with Gasteiger partial charge in [0.25, 0.3) is 5.91 Å². The van der Waals surface area contributed by atoms with Gasteiger partial charge < -0.3 is 10.6 Å². The second kappa shape index (κ2) is 7.29. The van der Waals surface area contributed by atoms with Gasteiger partial charge in [-0.1, -0.05) is 6.07 Å². The first-order valence-corrected chi connectivity index (χ1v) is 9.79. The lowest BCUT2D eigenvalue weighted by Gasteiger charge is -2.39. The summed E-state index contributed by atoms with van der Waals surface area (Å²) >= 11 is 0. The summed E-state index contributed by atoms with van der Waals surface area (Å²) in [7, 11) is -3.68. The van der Waals surface area contributed by atoms with Crippen LogP contribution in [0.5, 0.6) is 0 Å². The van der Waals surface area contributed by atoms with Crippen molar-refractivity contribution < 1.29 is 18.0 Å². The van der Waals surface area contributed by atoms with Gasteiger partial charge in [-0.05, 0) is 45.2 Å². The predicted molar refractivity (Wildman–Crippen MR) is 89.9 cm³/mol. The van der Waals surface area contributed by atoms with Crippen molar-refractivity contribution in [1.82, 2.24) is 9.88 Å². The Kier molecular flexibility index (Phi) is 5.58. The van der Waals surface area contributed by atoms with Crippen LogP contribution in [-0.4, -0.2) is 48.0 Å². The van der Waals surface area contributed by atoms with Crippen LogP contribution in [0.2, 0.25) is 0 Å². The summed E-state index contributed by atoms with van der Waals surface area (Å²) < 4.78 is 24.7. The van der Waals surface area contributed by atoms with E-state index in [4.69, 9.17) is 5.73 Å². The van der Waals surface area contributed by atoms with Crippen molar-refractivity contribution in [1.29, 1.82) is 0 Å². The predicted octanol–water partition coefficient (Wildman–Crippen LogP) is 0.885. The van der Waals surface area contributed by atoms with E-state index in [1.54, 1.807) is 4.90 Å². The highest BCUT2D eigenvalue weighted by molar-refractivity contribution is 7.91. The van der Waals surface area contributed by atoms with Gasteiger partial charge in [0.05, 0.1) is 11.4 Å². The van der Waals surface area contributed by atoms with Gasteiger partial charge in [0.15, 0.2) is 9.84 Å². The van der Waals surface area contributed by atoms with Crippen LogP contribution in [0.25, 0.3) is 0 Å². The number of carbonyl (C=O) groups is 2. The third kappa shape index (κ3) is 4.53. The SMILES string of the molecule is C[C@H]1CCC[C@H](C)N1C(=O)CS(=O)(=O)Cc1cccc(C(N)=O)n1. The van der Waals surface area contributed by atoms with Gasteiger partial charge in [0.2, 0.25) is 5.91 Å². The Morgan fingerprint density at radius 3 is 2.46 bits per heavy atom. The first kappa shape index (κ1) is 18.4. The van der Waals surface area contributed by atoms with Crippen molar-refractivity contribution in [3.63, 3.8) is 0 Å². The zero-order chi connectivity index (χ0) is 17.9. The Balaban J connectivity index is 2.09. The van der Waals surface area contributed by atoms with Gasteiger partial charge in [0, 0.05) is 12.1 Å². The lowest BCUT2D eigenvalue weighted by atomic mass is 9.98. The fourth-order valence-corrected chi connectivity index (χ4v) is 4.39. The van der Waals surface area contributed by atoms with Crippen LogP contribution in [0, 0.1) is 0 Å². The minimum absolute atomic E-state index is 0.00676. The summed E-state index contributed by atoms with van der Waals surface area (Å²) in [5.74, 6) is -2.04. The number of sulfone groups is 1. The van der Waals surface area contributed by atoms with Crippen LogP contribution >= 0.6 is 0 Å². The van der Waals surface area contributed by atoms with E-state index >= 15 is 0 Å². The van der Waals surface area contributed by atoms with Crippen LogP contribution in [0.1, 0.15) is 49.3 Å². The molecule has 132 valence electrons. The number of carbonyl (C=O) groups excluding carboxylic acids is 2. The van der Waals surface area contributed by atoms with E-state index in [-0.39, 0.29) is 29.4 Å². The maximum Gasteiger partial charge on any atom is 0.267 e. The van der Waals surface area contributed by atoms with Crippen molar-refractivity contribution >= 4 is 21.7 Å². The lowest BCUT2D eigenvalue weighted by Crippen LogP contribution is -2.49. The number of aromatic nitrogens is 1. The molecule has 1 aromatic heterocycles. The molecule has 1 saturated heterocycles. The highest BCUT2D eigenvalue weighted by atomic mass is 32.2. The van der Waals surface area contributed by atoms with Crippen LogP contribution in [0.4, 0.5) is 0 Å². The van der Waals surface area contributed by atoms with E-state index in [0.29, 0.717) is 0 Å². The number of primary amides is 1. The normalized spacial score (nSPS) is 21.5. The number of amides is 2. The molecule has 7 nitrogen and oxygen atoms in total. The topological polar surface area (TPSA) is 110 Å². The molecule has 1 aliphatic heterocycles. The second-order valence-corrected chi connectivity index (χ2v) is 8.41. The second-order valence-electron chi connectivity index (χ2n) is 6.34. The summed E-state index contributed by atoms with van der Waals surface area (Å²) in [5, 5.41) is 0. The van der Waals surface area contributed by atoms with Gasteiger partial charge in [0.1, 0.15) is 11.4 Å². The molecular weight excluding hydrogens is 330 g/mol. The zero-order valence-electron chi connectivity index (χ0n) is 13.9. The fourth-order valence-electron chi connectivity index (χ4n) is 3.15. The van der Waals surface area contributed by atoms with E-state index in [2.05, 4.69) is 4.98 Å². The van der Waals surface area contributed by atoms with Gasteiger partial charge in [-0.15, -0.1) is 0 Å². The molecule has 2 atom stereocenters. The fraction of sp³-hybridized carbons (Fsp3) is 0.562. The quantitative estimate of drug-likeness (QED) is 0.845. The highest BCUT2D eigenvalue weighted by Gasteiger charge is 2.31. The Hall–Kier alpha value is -1.96. The molecule has 1 fully saturated rings. The molecule has 0 bridgehead atoms. The van der Waals surface area contributed by atoms with E-state index < -0.39 is 27.3 Å². The number of hydrogen-bond acceptors (Lipinski definition) is 5. The molecule has 2 rings (SSSR count). The summed E-state index contributed by atoms with van der Waals surface area (Å²) in [6, 6.07) is 4.54. The van der Waals surface area contributed by atoms with Crippen LogP contribution < -0.4 is 5.73 Å². The van der Waals surface area contributed by atoms with Crippen molar-refractivity contribution in [2.75, 3.05) is 5.75 Å². The molecule has 2 N–H and O–H groups in total. The molecule has 0 saturated carbocycles. The van der Waals surface area contributed by atoms with Crippen molar-refractivity contribution in [2.24, 2.45) is 5.73 Å². The van der Waals surface area contributed by atoms with Crippen LogP contribution in [0.15, 0.2) is 18.2 Å². The van der Waals surface area contributed by atoms with Gasteiger partial charge in [-0.3, -0.25) is 9.59 Å². The average Bonchev–Trinajstić information content (AvgIpc) is 2.46. The Bertz CT molecular complexity index is 723. The molecule has 1 aromatic rings. The molecule has 0 spiro atoms. The van der Waals surface area contributed by atoms with E-state index in [1.165, 1.54) is 18.2 Å². The van der Waals surface area contributed by atoms with Gasteiger partial charge in [-0.2, -0.15) is 0 Å². The van der Waals surface area contributed by atoms with E-state index in [9.17, 15) is 18.0 Å². The van der Waals surface area contributed by atoms with Crippen molar-refractivity contribution in [2.45, 2.75) is 50.9 Å². The summed E-state index contributed by atoms with van der Waals surface area (Å²) in [6.07, 6.45) is 2.82. The number of piperidine rings is 1. The molecule has 0 radical (unpaired) electrons. The molecule has 8 heteroatoms.